The predicted octanol–water partition coefficient (Wildman–Crippen LogP) is -3.63. The van der Waals surface area contributed by atoms with Gasteiger partial charge >= 0.3 is 15.3 Å². The van der Waals surface area contributed by atoms with Gasteiger partial charge in [0.15, 0.2) is 0 Å². The van der Waals surface area contributed by atoms with Crippen molar-refractivity contribution in [3.8, 4) is 0 Å². The van der Waals surface area contributed by atoms with E-state index < -0.39 is 45.3 Å². The molecule has 1 heterocycles. The summed E-state index contributed by atoms with van der Waals surface area (Å²) in [6.45, 7) is 0. The molecule has 1 N–H and O–H groups in total. The summed E-state index contributed by atoms with van der Waals surface area (Å²) in [5, 5.41) is 8.46. The van der Waals surface area contributed by atoms with Crippen LogP contribution in [0.2, 0.25) is 6.04 Å². The Morgan fingerprint density at radius 1 is 1.25 bits per heavy atom. The number of aliphatic carboxylic acids is 1. The van der Waals surface area contributed by atoms with E-state index in [2.05, 4.69) is 0 Å². The van der Waals surface area contributed by atoms with Gasteiger partial charge in [-0.05, 0) is 0 Å². The number of carboxylic acids is 1. The lowest BCUT2D eigenvalue weighted by atomic mass is 10.8. The van der Waals surface area contributed by atoms with Crippen molar-refractivity contribution in [1.82, 2.24) is 0 Å². The molecule has 1 fully saturated rings. The third kappa shape index (κ3) is 4.26. The molecule has 1 aliphatic rings. The Kier molecular flexibility index (Phi) is 4.92. The molecule has 6 nitrogen and oxygen atoms in total. The second-order valence-corrected chi connectivity index (χ2v) is 10.0. The van der Waals surface area contributed by atoms with Crippen molar-refractivity contribution in [3.05, 3.63) is 0 Å². The maximum absolute atomic E-state index is 10.3. The van der Waals surface area contributed by atoms with Crippen LogP contribution in [0.25, 0.3) is 0 Å². The van der Waals surface area contributed by atoms with E-state index in [-0.39, 0.29) is 6.04 Å². The Balaban J connectivity index is 2.24. The monoisotopic (exact) mass is 242 g/mol. The fourth-order valence-electron chi connectivity index (χ4n) is 0.684. The zero-order chi connectivity index (χ0) is 8.81. The normalized spacial score (nSPS) is 31.8. The van der Waals surface area contributed by atoms with Gasteiger partial charge in [0, 0.05) is 0 Å². The number of rotatable bonds is 2. The Labute approximate surface area is 78.2 Å². The molecule has 0 aliphatic carbocycles. The van der Waals surface area contributed by atoms with Crippen LogP contribution in [0.15, 0.2) is 0 Å². The van der Waals surface area contributed by atoms with E-state index in [0.29, 0.717) is 0 Å². The summed E-state index contributed by atoms with van der Waals surface area (Å²) >= 11 is 0. The fraction of sp³-hybridized carbons (Fsp3) is 0.500. The van der Waals surface area contributed by atoms with Crippen molar-refractivity contribution in [2.75, 3.05) is 0 Å². The minimum Gasteiger partial charge on any atom is -0.481 e. The summed E-state index contributed by atoms with van der Waals surface area (Å²) < 4.78 is 20.7. The number of hydrogen-bond donors (Lipinski definition) is 1. The largest absolute Gasteiger partial charge is 0.481 e. The standard InChI is InChI=1S/C2H10O6Si4/c3-2(4)1-12-7-10-5-9-6-11-8-12/h12H,1,9-11H2,(H,3,4). The van der Waals surface area contributed by atoms with Crippen LogP contribution in [0.3, 0.4) is 0 Å². The zero-order valence-electron chi connectivity index (χ0n) is 6.39. The molecule has 0 aromatic heterocycles. The van der Waals surface area contributed by atoms with Gasteiger partial charge in [-0.25, -0.2) is 0 Å². The summed E-state index contributed by atoms with van der Waals surface area (Å²) in [4.78, 5) is 10.3. The highest BCUT2D eigenvalue weighted by Gasteiger charge is 2.19. The van der Waals surface area contributed by atoms with Crippen LogP contribution in [0.5, 0.6) is 0 Å². The molecule has 0 spiro atoms. The first-order chi connectivity index (χ1) is 5.79. The second kappa shape index (κ2) is 5.76. The summed E-state index contributed by atoms with van der Waals surface area (Å²) in [6, 6.07) is 0.00821. The molecule has 0 aromatic rings. The van der Waals surface area contributed by atoms with Crippen LogP contribution in [0.1, 0.15) is 0 Å². The van der Waals surface area contributed by atoms with Crippen molar-refractivity contribution in [1.29, 1.82) is 0 Å². The van der Waals surface area contributed by atoms with Crippen LogP contribution in [0.4, 0.5) is 0 Å². The quantitative estimate of drug-likeness (QED) is 0.504. The first-order valence-electron chi connectivity index (χ1n) is 3.39. The van der Waals surface area contributed by atoms with E-state index >= 15 is 0 Å². The third-order valence-electron chi connectivity index (χ3n) is 1.18. The molecule has 1 rings (SSSR count). The van der Waals surface area contributed by atoms with Gasteiger partial charge in [-0.2, -0.15) is 0 Å². The second-order valence-electron chi connectivity index (χ2n) is 2.12. The van der Waals surface area contributed by atoms with Crippen molar-refractivity contribution in [3.63, 3.8) is 0 Å². The first kappa shape index (κ1) is 10.3. The molecule has 0 radical (unpaired) electrons. The molecule has 0 unspecified atom stereocenters. The van der Waals surface area contributed by atoms with E-state index in [9.17, 15) is 4.79 Å². The Morgan fingerprint density at radius 2 is 1.83 bits per heavy atom. The van der Waals surface area contributed by atoms with Crippen LogP contribution in [-0.4, -0.2) is 50.4 Å². The molecule has 0 amide bonds. The molecule has 0 aromatic carbocycles. The lowest BCUT2D eigenvalue weighted by Crippen LogP contribution is -2.34. The Bertz CT molecular complexity index is 144. The lowest BCUT2D eigenvalue weighted by Gasteiger charge is -2.18. The molecule has 0 bridgehead atoms. The van der Waals surface area contributed by atoms with Gasteiger partial charge in [0.25, 0.3) is 30.0 Å². The van der Waals surface area contributed by atoms with Gasteiger partial charge in [-0.3, -0.25) is 4.79 Å². The molecule has 0 atom stereocenters. The smallest absolute Gasteiger partial charge is 0.314 e. The molecule has 70 valence electrons. The summed E-state index contributed by atoms with van der Waals surface area (Å²) in [5.74, 6) is -0.868. The van der Waals surface area contributed by atoms with Crippen LogP contribution < -0.4 is 0 Å². The van der Waals surface area contributed by atoms with Crippen molar-refractivity contribution < 1.29 is 26.4 Å². The molecular formula is C2H10O6Si4. The minimum absolute atomic E-state index is 0.00821. The van der Waals surface area contributed by atoms with E-state index in [1.807, 2.05) is 0 Å². The molecule has 1 saturated heterocycles. The van der Waals surface area contributed by atoms with Crippen molar-refractivity contribution in [2.24, 2.45) is 0 Å². The van der Waals surface area contributed by atoms with Gasteiger partial charge in [-0.15, -0.1) is 0 Å². The van der Waals surface area contributed by atoms with Gasteiger partial charge in [0.2, 0.25) is 0 Å². The lowest BCUT2D eigenvalue weighted by molar-refractivity contribution is -0.134. The third-order valence-corrected chi connectivity index (χ3v) is 8.59. The van der Waals surface area contributed by atoms with Gasteiger partial charge in [-0.1, -0.05) is 0 Å². The highest BCUT2D eigenvalue weighted by Crippen LogP contribution is 1.98. The van der Waals surface area contributed by atoms with Crippen LogP contribution in [0, 0.1) is 0 Å². The maximum Gasteiger partial charge on any atom is 0.314 e. The molecule has 0 saturated carbocycles. The minimum atomic E-state index is -1.96. The number of carbonyl (C=O) groups is 1. The number of hydrogen-bond acceptors (Lipinski definition) is 5. The molecular weight excluding hydrogens is 232 g/mol. The summed E-state index contributed by atoms with van der Waals surface area (Å²) in [7, 11) is -4.82. The molecule has 12 heavy (non-hydrogen) atoms. The van der Waals surface area contributed by atoms with Crippen molar-refractivity contribution in [2.45, 2.75) is 6.04 Å². The van der Waals surface area contributed by atoms with E-state index in [1.165, 1.54) is 0 Å². The van der Waals surface area contributed by atoms with Crippen molar-refractivity contribution >= 4 is 45.3 Å². The highest BCUT2D eigenvalue weighted by molar-refractivity contribution is 6.62. The average Bonchev–Trinajstić information content (AvgIpc) is 1.93. The SMILES string of the molecule is O=C(O)C[SiH]1O[SiH2]O[SiH2]O[SiH2]O1. The van der Waals surface area contributed by atoms with Crippen LogP contribution in [-0.2, 0) is 21.3 Å². The summed E-state index contributed by atoms with van der Waals surface area (Å²) in [6.07, 6.45) is 0. The Morgan fingerprint density at radius 3 is 2.33 bits per heavy atom. The topological polar surface area (TPSA) is 74.2 Å². The maximum atomic E-state index is 10.3. The first-order valence-corrected chi connectivity index (χ1v) is 8.62. The highest BCUT2D eigenvalue weighted by atomic mass is 28.4. The summed E-state index contributed by atoms with van der Waals surface area (Å²) in [5.41, 5.74) is 0. The van der Waals surface area contributed by atoms with Crippen LogP contribution >= 0.6 is 0 Å². The number of carboxylic acid groups (broad SMARTS) is 1. The average molecular weight is 242 g/mol. The van der Waals surface area contributed by atoms with Gasteiger partial charge < -0.3 is 21.6 Å². The van der Waals surface area contributed by atoms with E-state index in [0.717, 1.165) is 0 Å². The van der Waals surface area contributed by atoms with Gasteiger partial charge in [0.1, 0.15) is 0 Å². The zero-order valence-corrected chi connectivity index (χ0v) is 11.8. The fourth-order valence-corrected chi connectivity index (χ4v) is 8.95. The Hall–Kier alpha value is 0.178. The molecule has 10 heteroatoms. The van der Waals surface area contributed by atoms with Gasteiger partial charge in [0.05, 0.1) is 6.04 Å². The van der Waals surface area contributed by atoms with E-state index in [1.54, 1.807) is 0 Å². The predicted molar refractivity (Wildman–Crippen MR) is 49.6 cm³/mol. The molecule has 1 aliphatic heterocycles. The van der Waals surface area contributed by atoms with E-state index in [4.69, 9.17) is 21.6 Å².